The van der Waals surface area contributed by atoms with Crippen molar-refractivity contribution in [3.05, 3.63) is 62.9 Å². The molecule has 0 saturated heterocycles. The van der Waals surface area contributed by atoms with Gasteiger partial charge in [-0.15, -0.1) is 0 Å². The number of fused-ring (bicyclic) bond motifs is 1. The van der Waals surface area contributed by atoms with Gasteiger partial charge < -0.3 is 18.6 Å². The molecule has 0 aliphatic rings. The number of ether oxygens (including phenoxy) is 3. The Morgan fingerprint density at radius 3 is 2.50 bits per heavy atom. The van der Waals surface area contributed by atoms with E-state index >= 15 is 0 Å². The van der Waals surface area contributed by atoms with Gasteiger partial charge in [0.2, 0.25) is 11.2 Å². The molecule has 170 valence electrons. The molecule has 32 heavy (non-hydrogen) atoms. The molecule has 0 saturated carbocycles. The van der Waals surface area contributed by atoms with E-state index in [0.717, 1.165) is 6.07 Å². The number of hydrogen-bond donors (Lipinski definition) is 0. The normalized spacial score (nSPS) is 12.4. The third kappa shape index (κ3) is 5.07. The summed E-state index contributed by atoms with van der Waals surface area (Å²) in [5.41, 5.74) is -1.36. The van der Waals surface area contributed by atoms with Crippen LogP contribution in [0.4, 0.5) is 13.2 Å². The molecule has 0 unspecified atom stereocenters. The summed E-state index contributed by atoms with van der Waals surface area (Å²) in [7, 11) is 0. The van der Waals surface area contributed by atoms with Gasteiger partial charge in [0.25, 0.3) is 5.76 Å². The highest BCUT2D eigenvalue weighted by atomic mass is 79.9. The van der Waals surface area contributed by atoms with E-state index in [2.05, 4.69) is 15.9 Å². The minimum Gasteiger partial charge on any atom is -0.479 e. The van der Waals surface area contributed by atoms with Crippen molar-refractivity contribution >= 4 is 32.9 Å². The molecule has 0 spiro atoms. The fourth-order valence-electron chi connectivity index (χ4n) is 2.84. The molecule has 0 fully saturated rings. The molecule has 0 N–H and O–H groups in total. The second-order valence-corrected chi connectivity index (χ2v) is 7.40. The summed E-state index contributed by atoms with van der Waals surface area (Å²) in [6.45, 7) is 3.48. The largest absolute Gasteiger partial charge is 0.479 e. The van der Waals surface area contributed by atoms with Crippen molar-refractivity contribution in [2.45, 2.75) is 32.5 Å². The minimum atomic E-state index is -5.00. The van der Waals surface area contributed by atoms with Gasteiger partial charge >= 0.3 is 12.1 Å². The molecule has 0 bridgehead atoms. The van der Waals surface area contributed by atoms with Crippen molar-refractivity contribution in [3.63, 3.8) is 0 Å². The van der Waals surface area contributed by atoms with E-state index in [9.17, 15) is 22.8 Å². The van der Waals surface area contributed by atoms with E-state index in [1.807, 2.05) is 0 Å². The summed E-state index contributed by atoms with van der Waals surface area (Å²) >= 11 is 3.17. The Hall–Kier alpha value is -3.01. The van der Waals surface area contributed by atoms with Crippen LogP contribution in [0.2, 0.25) is 0 Å². The van der Waals surface area contributed by atoms with Gasteiger partial charge in [0, 0.05) is 6.07 Å². The number of benzene rings is 2. The Morgan fingerprint density at radius 1 is 1.16 bits per heavy atom. The topological polar surface area (TPSA) is 75.0 Å². The molecule has 0 aliphatic carbocycles. The Balaban J connectivity index is 2.08. The van der Waals surface area contributed by atoms with E-state index in [-0.39, 0.29) is 35.5 Å². The Morgan fingerprint density at radius 2 is 1.88 bits per heavy atom. The summed E-state index contributed by atoms with van der Waals surface area (Å²) < 4.78 is 62.3. The molecule has 1 atom stereocenters. The zero-order chi connectivity index (χ0) is 23.5. The average molecular weight is 515 g/mol. The van der Waals surface area contributed by atoms with Gasteiger partial charge in [0.05, 0.1) is 16.5 Å². The number of esters is 1. The van der Waals surface area contributed by atoms with Crippen LogP contribution in [0.1, 0.15) is 26.0 Å². The number of carbonyl (C=O) groups is 1. The van der Waals surface area contributed by atoms with Crippen LogP contribution in [0.3, 0.4) is 0 Å². The van der Waals surface area contributed by atoms with Crippen molar-refractivity contribution in [2.24, 2.45) is 0 Å². The second-order valence-electron chi connectivity index (χ2n) is 6.54. The van der Waals surface area contributed by atoms with Gasteiger partial charge in [-0.25, -0.2) is 4.79 Å². The lowest BCUT2D eigenvalue weighted by Crippen LogP contribution is -2.28. The molecule has 1 heterocycles. The third-order valence-electron chi connectivity index (χ3n) is 4.33. The van der Waals surface area contributed by atoms with Gasteiger partial charge in [-0.2, -0.15) is 13.2 Å². The quantitative estimate of drug-likeness (QED) is 0.355. The zero-order valence-corrected chi connectivity index (χ0v) is 18.6. The van der Waals surface area contributed by atoms with Gasteiger partial charge in [0.1, 0.15) is 17.1 Å². The highest BCUT2D eigenvalue weighted by molar-refractivity contribution is 9.10. The number of rotatable bonds is 7. The Kier molecular flexibility index (Phi) is 7.12. The fraction of sp³-hybridized carbons (Fsp3) is 0.273. The Bertz CT molecular complexity index is 1190. The van der Waals surface area contributed by atoms with E-state index in [1.165, 1.54) is 18.2 Å². The van der Waals surface area contributed by atoms with Crippen LogP contribution in [0.25, 0.3) is 11.0 Å². The number of halogens is 4. The van der Waals surface area contributed by atoms with Crippen LogP contribution in [0, 0.1) is 0 Å². The van der Waals surface area contributed by atoms with Crippen molar-refractivity contribution in [1.82, 2.24) is 0 Å². The van der Waals surface area contributed by atoms with E-state index in [4.69, 9.17) is 18.6 Å². The first kappa shape index (κ1) is 23.6. The highest BCUT2D eigenvalue weighted by Gasteiger charge is 2.40. The van der Waals surface area contributed by atoms with Crippen LogP contribution in [-0.2, 0) is 15.7 Å². The maximum absolute atomic E-state index is 13.7. The molecular formula is C22H18BrF3O6. The molecule has 0 aliphatic heterocycles. The SMILES string of the molecule is CCOC(=O)[C@H](CC)Oc1ccc2c(=O)c(Oc3ccccc3Br)c(C(F)(F)F)oc2c1. The van der Waals surface area contributed by atoms with E-state index in [0.29, 0.717) is 4.47 Å². The summed E-state index contributed by atoms with van der Waals surface area (Å²) in [5, 5.41) is -0.142. The van der Waals surface area contributed by atoms with Crippen molar-refractivity contribution in [3.8, 4) is 17.2 Å². The molecule has 0 amide bonds. The predicted molar refractivity (Wildman–Crippen MR) is 113 cm³/mol. The monoisotopic (exact) mass is 514 g/mol. The number of carbonyl (C=O) groups excluding carboxylic acids is 1. The van der Waals surface area contributed by atoms with Gasteiger partial charge in [-0.05, 0) is 53.5 Å². The van der Waals surface area contributed by atoms with Crippen molar-refractivity contribution in [2.75, 3.05) is 6.61 Å². The van der Waals surface area contributed by atoms with Gasteiger partial charge in [0.15, 0.2) is 6.10 Å². The van der Waals surface area contributed by atoms with Crippen LogP contribution >= 0.6 is 15.9 Å². The lowest BCUT2D eigenvalue weighted by atomic mass is 10.2. The van der Waals surface area contributed by atoms with Crippen molar-refractivity contribution in [1.29, 1.82) is 0 Å². The second kappa shape index (κ2) is 9.64. The highest BCUT2D eigenvalue weighted by Crippen LogP contribution is 2.40. The van der Waals surface area contributed by atoms with Crippen LogP contribution in [0.5, 0.6) is 17.2 Å². The summed E-state index contributed by atoms with van der Waals surface area (Å²) in [6, 6.07) is 9.89. The van der Waals surface area contributed by atoms with Gasteiger partial charge in [-0.3, -0.25) is 4.79 Å². The van der Waals surface area contributed by atoms with E-state index in [1.54, 1.807) is 32.0 Å². The number of alkyl halides is 3. The van der Waals surface area contributed by atoms with Crippen molar-refractivity contribution < 1.29 is 36.6 Å². The van der Waals surface area contributed by atoms with Crippen LogP contribution in [0.15, 0.2) is 56.1 Å². The average Bonchev–Trinajstić information content (AvgIpc) is 2.74. The molecule has 10 heteroatoms. The summed E-state index contributed by atoms with van der Waals surface area (Å²) in [5.74, 6) is -3.11. The first-order valence-corrected chi connectivity index (χ1v) is 10.4. The molecule has 3 aromatic rings. The maximum atomic E-state index is 13.7. The molecule has 2 aromatic carbocycles. The van der Waals surface area contributed by atoms with Gasteiger partial charge in [-0.1, -0.05) is 19.1 Å². The first-order chi connectivity index (χ1) is 15.2. The lowest BCUT2D eigenvalue weighted by Gasteiger charge is -2.17. The maximum Gasteiger partial charge on any atom is 0.453 e. The number of para-hydroxylation sites is 1. The molecule has 3 rings (SSSR count). The number of hydrogen-bond acceptors (Lipinski definition) is 6. The lowest BCUT2D eigenvalue weighted by molar-refractivity contribution is -0.154. The van der Waals surface area contributed by atoms with E-state index < -0.39 is 35.2 Å². The molecular weight excluding hydrogens is 497 g/mol. The molecule has 0 radical (unpaired) electrons. The summed E-state index contributed by atoms with van der Waals surface area (Å²) in [4.78, 5) is 24.8. The fourth-order valence-corrected chi connectivity index (χ4v) is 3.21. The smallest absolute Gasteiger partial charge is 0.453 e. The standard InChI is InChI=1S/C22H18BrF3O6/c1-3-15(21(28)29-4-2)30-12-9-10-13-17(11-12)32-20(22(24,25)26)19(18(13)27)31-16-8-6-5-7-14(16)23/h5-11,15H,3-4H2,1-2H3/t15-/m0/s1. The zero-order valence-electron chi connectivity index (χ0n) is 17.0. The van der Waals surface area contributed by atoms with Crippen LogP contribution < -0.4 is 14.9 Å². The third-order valence-corrected chi connectivity index (χ3v) is 4.98. The minimum absolute atomic E-state index is 0.0184. The Labute approximate surface area is 189 Å². The predicted octanol–water partition coefficient (Wildman–Crippen LogP) is 6.09. The van der Waals surface area contributed by atoms with Crippen LogP contribution in [-0.4, -0.2) is 18.7 Å². The summed E-state index contributed by atoms with van der Waals surface area (Å²) in [6.07, 6.45) is -5.69. The molecule has 6 nitrogen and oxygen atoms in total. The molecule has 1 aromatic heterocycles. The first-order valence-electron chi connectivity index (χ1n) is 9.59.